The molecule has 0 saturated heterocycles. The number of halogens is 2. The molecule has 2 aromatic carbocycles. The topological polar surface area (TPSA) is 46.2 Å². The molecule has 1 heterocycles. The molecule has 0 bridgehead atoms. The second-order valence-electron chi connectivity index (χ2n) is 4.92. The first kappa shape index (κ1) is 15.5. The van der Waals surface area contributed by atoms with Gasteiger partial charge in [-0.1, -0.05) is 18.2 Å². The van der Waals surface area contributed by atoms with Gasteiger partial charge in [0, 0.05) is 10.9 Å². The van der Waals surface area contributed by atoms with Gasteiger partial charge in [-0.05, 0) is 42.0 Å². The first-order valence-electron chi connectivity index (χ1n) is 6.66. The third-order valence-corrected chi connectivity index (χ3v) is 6.05. The molecule has 0 fully saturated rings. The van der Waals surface area contributed by atoms with Crippen molar-refractivity contribution in [1.29, 1.82) is 0 Å². The average molecular weight is 341 g/mol. The lowest BCUT2D eigenvalue weighted by molar-refractivity contribution is 0.526. The fourth-order valence-electron chi connectivity index (χ4n) is 2.40. The molecular weight excluding hydrogens is 328 g/mol. The van der Waals surface area contributed by atoms with E-state index in [1.807, 2.05) is 24.3 Å². The SMILES string of the molecule is O=S(=O)(N[C@@H]1CCSc2ccccc21)c1cc(F)ccc1F. The minimum Gasteiger partial charge on any atom is -0.207 e. The lowest BCUT2D eigenvalue weighted by Gasteiger charge is -2.25. The van der Waals surface area contributed by atoms with Gasteiger partial charge in [0.05, 0.1) is 0 Å². The van der Waals surface area contributed by atoms with Crippen LogP contribution in [0.15, 0.2) is 52.3 Å². The quantitative estimate of drug-likeness (QED) is 0.930. The number of hydrogen-bond donors (Lipinski definition) is 1. The van der Waals surface area contributed by atoms with Crippen molar-refractivity contribution in [1.82, 2.24) is 4.72 Å². The van der Waals surface area contributed by atoms with Crippen molar-refractivity contribution in [2.24, 2.45) is 0 Å². The summed E-state index contributed by atoms with van der Waals surface area (Å²) in [6.07, 6.45) is 0.595. The number of nitrogens with one attached hydrogen (secondary N) is 1. The molecule has 116 valence electrons. The van der Waals surface area contributed by atoms with E-state index >= 15 is 0 Å². The summed E-state index contributed by atoms with van der Waals surface area (Å²) in [5.41, 5.74) is 0.860. The fraction of sp³-hybridized carbons (Fsp3) is 0.200. The molecule has 0 spiro atoms. The van der Waals surface area contributed by atoms with Crippen LogP contribution in [0, 0.1) is 11.6 Å². The van der Waals surface area contributed by atoms with Crippen molar-refractivity contribution >= 4 is 21.8 Å². The van der Waals surface area contributed by atoms with Gasteiger partial charge in [-0.25, -0.2) is 21.9 Å². The van der Waals surface area contributed by atoms with Crippen LogP contribution in [0.4, 0.5) is 8.78 Å². The lowest BCUT2D eigenvalue weighted by atomic mass is 10.1. The molecule has 0 unspecified atom stereocenters. The van der Waals surface area contributed by atoms with E-state index in [0.717, 1.165) is 28.3 Å². The van der Waals surface area contributed by atoms with Crippen molar-refractivity contribution in [2.75, 3.05) is 5.75 Å². The Morgan fingerprint density at radius 2 is 1.91 bits per heavy atom. The van der Waals surface area contributed by atoms with Crippen molar-refractivity contribution in [2.45, 2.75) is 22.3 Å². The van der Waals surface area contributed by atoms with Gasteiger partial charge < -0.3 is 0 Å². The maximum Gasteiger partial charge on any atom is 0.244 e. The molecule has 22 heavy (non-hydrogen) atoms. The Kier molecular flexibility index (Phi) is 4.20. The lowest BCUT2D eigenvalue weighted by Crippen LogP contribution is -2.31. The monoisotopic (exact) mass is 341 g/mol. The Morgan fingerprint density at radius 3 is 2.73 bits per heavy atom. The highest BCUT2D eigenvalue weighted by molar-refractivity contribution is 7.99. The molecule has 3 nitrogen and oxygen atoms in total. The number of rotatable bonds is 3. The summed E-state index contributed by atoms with van der Waals surface area (Å²) in [5, 5.41) is 0. The molecule has 7 heteroatoms. The first-order valence-corrected chi connectivity index (χ1v) is 9.13. The van der Waals surface area contributed by atoms with E-state index in [-0.39, 0.29) is 0 Å². The van der Waals surface area contributed by atoms with Crippen LogP contribution in [0.3, 0.4) is 0 Å². The Hall–Kier alpha value is -1.44. The van der Waals surface area contributed by atoms with Gasteiger partial charge in [0.2, 0.25) is 10.0 Å². The van der Waals surface area contributed by atoms with Gasteiger partial charge in [-0.2, -0.15) is 0 Å². The smallest absolute Gasteiger partial charge is 0.207 e. The van der Waals surface area contributed by atoms with E-state index in [0.29, 0.717) is 12.5 Å². The van der Waals surface area contributed by atoms with E-state index in [2.05, 4.69) is 4.72 Å². The summed E-state index contributed by atoms with van der Waals surface area (Å²) >= 11 is 1.65. The average Bonchev–Trinajstić information content (AvgIpc) is 2.50. The molecule has 0 saturated carbocycles. The number of thioether (sulfide) groups is 1. The summed E-state index contributed by atoms with van der Waals surface area (Å²) in [6, 6.07) is 9.44. The molecule has 1 atom stereocenters. The first-order chi connectivity index (χ1) is 10.5. The van der Waals surface area contributed by atoms with Gasteiger partial charge in [0.1, 0.15) is 16.5 Å². The third kappa shape index (κ3) is 3.02. The maximum atomic E-state index is 13.7. The van der Waals surface area contributed by atoms with Crippen molar-refractivity contribution in [3.05, 3.63) is 59.7 Å². The second-order valence-corrected chi connectivity index (χ2v) is 7.74. The fourth-order valence-corrected chi connectivity index (χ4v) is 4.86. The maximum absolute atomic E-state index is 13.7. The number of hydrogen-bond acceptors (Lipinski definition) is 3. The minimum atomic E-state index is -4.13. The summed E-state index contributed by atoms with van der Waals surface area (Å²) in [6.45, 7) is 0. The predicted octanol–water partition coefficient (Wildman–Crippen LogP) is 3.48. The van der Waals surface area contributed by atoms with Crippen molar-refractivity contribution in [3.63, 3.8) is 0 Å². The zero-order valence-corrected chi connectivity index (χ0v) is 13.1. The van der Waals surface area contributed by atoms with Crippen LogP contribution in [0.25, 0.3) is 0 Å². The van der Waals surface area contributed by atoms with E-state index < -0.39 is 32.6 Å². The zero-order chi connectivity index (χ0) is 15.7. The van der Waals surface area contributed by atoms with Gasteiger partial charge in [0.25, 0.3) is 0 Å². The van der Waals surface area contributed by atoms with Crippen LogP contribution in [0.5, 0.6) is 0 Å². The Bertz CT molecular complexity index is 809. The minimum absolute atomic E-state index is 0.440. The van der Waals surface area contributed by atoms with Gasteiger partial charge in [-0.15, -0.1) is 11.8 Å². The molecular formula is C15H13F2NO2S2. The van der Waals surface area contributed by atoms with E-state index in [1.54, 1.807) is 11.8 Å². The summed E-state index contributed by atoms with van der Waals surface area (Å²) in [7, 11) is -4.13. The van der Waals surface area contributed by atoms with Crippen LogP contribution in [-0.4, -0.2) is 14.2 Å². The molecule has 0 aliphatic carbocycles. The molecule has 0 radical (unpaired) electrons. The number of sulfonamides is 1. The van der Waals surface area contributed by atoms with Crippen LogP contribution >= 0.6 is 11.8 Å². The molecule has 1 aliphatic rings. The Balaban J connectivity index is 1.95. The van der Waals surface area contributed by atoms with Crippen LogP contribution in [0.2, 0.25) is 0 Å². The standard InChI is InChI=1S/C15H13F2NO2S2/c16-10-5-6-12(17)15(9-10)22(19,20)18-13-7-8-21-14-4-2-1-3-11(13)14/h1-6,9,13,18H,7-8H2/t13-/m1/s1. The Labute approximate surface area is 131 Å². The van der Waals surface area contributed by atoms with Crippen LogP contribution in [0.1, 0.15) is 18.0 Å². The van der Waals surface area contributed by atoms with Crippen LogP contribution < -0.4 is 4.72 Å². The molecule has 0 aromatic heterocycles. The molecule has 2 aromatic rings. The third-order valence-electron chi connectivity index (χ3n) is 3.44. The highest BCUT2D eigenvalue weighted by atomic mass is 32.2. The summed E-state index contributed by atoms with van der Waals surface area (Å²) in [4.78, 5) is 0.337. The largest absolute Gasteiger partial charge is 0.244 e. The molecule has 1 aliphatic heterocycles. The van der Waals surface area contributed by atoms with Gasteiger partial charge in [0.15, 0.2) is 0 Å². The van der Waals surface area contributed by atoms with Crippen molar-refractivity contribution in [3.8, 4) is 0 Å². The van der Waals surface area contributed by atoms with Gasteiger partial charge in [-0.3, -0.25) is 0 Å². The summed E-state index contributed by atoms with van der Waals surface area (Å²) < 4.78 is 54.2. The number of benzene rings is 2. The number of fused-ring (bicyclic) bond motifs is 1. The zero-order valence-electron chi connectivity index (χ0n) is 11.4. The highest BCUT2D eigenvalue weighted by Crippen LogP contribution is 2.36. The Morgan fingerprint density at radius 1 is 1.14 bits per heavy atom. The molecule has 0 amide bonds. The van der Waals surface area contributed by atoms with Crippen molar-refractivity contribution < 1.29 is 17.2 Å². The van der Waals surface area contributed by atoms with Gasteiger partial charge >= 0.3 is 0 Å². The summed E-state index contributed by atoms with van der Waals surface area (Å²) in [5.74, 6) is -0.996. The second kappa shape index (κ2) is 5.98. The normalized spacial score (nSPS) is 18.0. The van der Waals surface area contributed by atoms with E-state index in [4.69, 9.17) is 0 Å². The molecule has 1 N–H and O–H groups in total. The molecule has 3 rings (SSSR count). The van der Waals surface area contributed by atoms with E-state index in [1.165, 1.54) is 0 Å². The van der Waals surface area contributed by atoms with E-state index in [9.17, 15) is 17.2 Å². The predicted molar refractivity (Wildman–Crippen MR) is 81.2 cm³/mol. The van der Waals surface area contributed by atoms with Crippen LogP contribution in [-0.2, 0) is 10.0 Å². The highest BCUT2D eigenvalue weighted by Gasteiger charge is 2.28.